The van der Waals surface area contributed by atoms with Crippen molar-refractivity contribution in [3.8, 4) is 5.75 Å². The van der Waals surface area contributed by atoms with Crippen molar-refractivity contribution < 1.29 is 19.1 Å². The Morgan fingerprint density at radius 2 is 1.83 bits per heavy atom. The van der Waals surface area contributed by atoms with Crippen molar-refractivity contribution in [2.75, 3.05) is 7.11 Å². The summed E-state index contributed by atoms with van der Waals surface area (Å²) in [5.74, 6) is -1.98. The number of rotatable bonds is 4. The number of hydrogen-bond donors (Lipinski definition) is 1. The topological polar surface area (TPSA) is 98.7 Å². The molecule has 0 aliphatic carbocycles. The maximum Gasteiger partial charge on any atom is 0.343 e. The van der Waals surface area contributed by atoms with Crippen molar-refractivity contribution in [3.05, 3.63) is 86.5 Å². The van der Waals surface area contributed by atoms with Crippen LogP contribution in [0.15, 0.2) is 68.6 Å². The molecule has 0 amide bonds. The maximum atomic E-state index is 13.2. The molecule has 0 aliphatic rings. The van der Waals surface area contributed by atoms with Crippen LogP contribution in [0, 0.1) is 0 Å². The van der Waals surface area contributed by atoms with E-state index in [0.717, 1.165) is 5.39 Å². The molecule has 2 aromatic heterocycles. The van der Waals surface area contributed by atoms with E-state index >= 15 is 0 Å². The van der Waals surface area contributed by atoms with Crippen LogP contribution >= 0.6 is 0 Å². The molecular weight excluding hydrogens is 386 g/mol. The minimum Gasteiger partial charge on any atom is -0.507 e. The minimum absolute atomic E-state index is 0.147. The summed E-state index contributed by atoms with van der Waals surface area (Å²) in [5, 5.41) is 12.0. The number of aromatic nitrogens is 1. The lowest BCUT2D eigenvalue weighted by molar-refractivity contribution is -0.140. The number of methoxy groups -OCH3 is 1. The number of carbonyl (C=O) groups excluding carboxylic acids is 1. The van der Waals surface area contributed by atoms with Gasteiger partial charge in [-0.1, -0.05) is 30.3 Å². The smallest absolute Gasteiger partial charge is 0.343 e. The molecule has 1 N–H and O–H groups in total. The molecule has 0 unspecified atom stereocenters. The second kappa shape index (κ2) is 7.51. The Bertz CT molecular complexity index is 1400. The van der Waals surface area contributed by atoms with Gasteiger partial charge in [0, 0.05) is 18.5 Å². The Morgan fingerprint density at radius 1 is 1.13 bits per heavy atom. The van der Waals surface area contributed by atoms with Crippen LogP contribution in [0.25, 0.3) is 21.9 Å². The normalized spacial score (nSPS) is 12.2. The monoisotopic (exact) mass is 405 g/mol. The summed E-state index contributed by atoms with van der Waals surface area (Å²) < 4.78 is 11.6. The van der Waals surface area contributed by atoms with Gasteiger partial charge in [0.1, 0.15) is 11.3 Å². The van der Waals surface area contributed by atoms with Crippen molar-refractivity contribution >= 4 is 27.8 Å². The predicted octanol–water partition coefficient (Wildman–Crippen LogP) is 3.05. The molecule has 1 atom stereocenters. The van der Waals surface area contributed by atoms with Gasteiger partial charge in [0.15, 0.2) is 0 Å². The van der Waals surface area contributed by atoms with Crippen molar-refractivity contribution in [1.82, 2.24) is 4.57 Å². The molecule has 7 heteroatoms. The number of pyridine rings is 1. The molecule has 0 bridgehead atoms. The molecule has 30 heavy (non-hydrogen) atoms. The largest absolute Gasteiger partial charge is 0.507 e. The molecule has 2 heterocycles. The summed E-state index contributed by atoms with van der Waals surface area (Å²) in [6.07, 6.45) is -0.305. The summed E-state index contributed by atoms with van der Waals surface area (Å²) in [7, 11) is 2.84. The Balaban J connectivity index is 2.04. The lowest BCUT2D eigenvalue weighted by Crippen LogP contribution is -2.27. The third kappa shape index (κ3) is 3.14. The Labute approximate surface area is 170 Å². The average Bonchev–Trinajstić information content (AvgIpc) is 2.75. The van der Waals surface area contributed by atoms with Crippen LogP contribution < -0.4 is 11.2 Å². The van der Waals surface area contributed by atoms with E-state index in [1.807, 2.05) is 18.2 Å². The number of nitrogens with zero attached hydrogens (tertiary/aromatic N) is 1. The maximum absolute atomic E-state index is 13.2. The zero-order valence-electron chi connectivity index (χ0n) is 16.4. The first kappa shape index (κ1) is 19.4. The van der Waals surface area contributed by atoms with Crippen LogP contribution in [0.4, 0.5) is 0 Å². The molecule has 2 aromatic carbocycles. The average molecular weight is 405 g/mol. The molecule has 4 aromatic rings. The number of aryl methyl sites for hydroxylation is 1. The van der Waals surface area contributed by atoms with E-state index in [1.54, 1.807) is 43.4 Å². The number of para-hydroxylation sites is 2. The second-order valence-electron chi connectivity index (χ2n) is 7.00. The highest BCUT2D eigenvalue weighted by atomic mass is 16.5. The van der Waals surface area contributed by atoms with Gasteiger partial charge in [-0.2, -0.15) is 0 Å². The highest BCUT2D eigenvalue weighted by molar-refractivity contribution is 5.85. The number of hydrogen-bond acceptors (Lipinski definition) is 6. The van der Waals surface area contributed by atoms with Gasteiger partial charge in [0.25, 0.3) is 5.56 Å². The fourth-order valence-corrected chi connectivity index (χ4v) is 3.77. The van der Waals surface area contributed by atoms with E-state index in [9.17, 15) is 19.5 Å². The fourth-order valence-electron chi connectivity index (χ4n) is 3.77. The molecule has 0 saturated heterocycles. The van der Waals surface area contributed by atoms with E-state index in [1.165, 1.54) is 11.7 Å². The Kier molecular flexibility index (Phi) is 4.87. The van der Waals surface area contributed by atoms with Crippen molar-refractivity contribution in [3.63, 3.8) is 0 Å². The van der Waals surface area contributed by atoms with Gasteiger partial charge in [-0.15, -0.1) is 0 Å². The van der Waals surface area contributed by atoms with Crippen LogP contribution in [0.5, 0.6) is 5.75 Å². The van der Waals surface area contributed by atoms with Gasteiger partial charge in [-0.05, 0) is 29.7 Å². The summed E-state index contributed by atoms with van der Waals surface area (Å²) >= 11 is 0. The zero-order chi connectivity index (χ0) is 21.4. The van der Waals surface area contributed by atoms with Gasteiger partial charge in [-0.25, -0.2) is 4.79 Å². The number of esters is 1. The van der Waals surface area contributed by atoms with E-state index in [4.69, 9.17) is 9.15 Å². The second-order valence-corrected chi connectivity index (χ2v) is 7.00. The van der Waals surface area contributed by atoms with Crippen LogP contribution in [-0.2, 0) is 16.6 Å². The van der Waals surface area contributed by atoms with Gasteiger partial charge >= 0.3 is 11.6 Å². The fraction of sp³-hybridized carbons (Fsp3) is 0.174. The summed E-state index contributed by atoms with van der Waals surface area (Å²) in [4.78, 5) is 38.1. The summed E-state index contributed by atoms with van der Waals surface area (Å²) in [6, 6.07) is 15.4. The third-order valence-electron chi connectivity index (χ3n) is 5.30. The van der Waals surface area contributed by atoms with E-state index in [0.29, 0.717) is 10.9 Å². The lowest BCUT2D eigenvalue weighted by Gasteiger charge is -2.18. The van der Waals surface area contributed by atoms with Gasteiger partial charge < -0.3 is 18.8 Å². The molecule has 0 aliphatic heterocycles. The van der Waals surface area contributed by atoms with Crippen molar-refractivity contribution in [1.29, 1.82) is 0 Å². The first-order valence-corrected chi connectivity index (χ1v) is 9.32. The first-order valence-electron chi connectivity index (χ1n) is 9.32. The highest BCUT2D eigenvalue weighted by Gasteiger charge is 2.30. The van der Waals surface area contributed by atoms with Crippen LogP contribution in [0.2, 0.25) is 0 Å². The van der Waals surface area contributed by atoms with Gasteiger partial charge in [0.05, 0.1) is 30.0 Å². The molecular formula is C23H19NO6. The lowest BCUT2D eigenvalue weighted by atomic mass is 9.88. The summed E-state index contributed by atoms with van der Waals surface area (Å²) in [6.45, 7) is 0. The van der Waals surface area contributed by atoms with Crippen LogP contribution in [-0.4, -0.2) is 22.8 Å². The SMILES string of the molecule is COC(=O)C[C@@H](c1c(O)c2ccccc2oc1=O)c1cc2ccccc2n(C)c1=O. The Morgan fingerprint density at radius 3 is 2.60 bits per heavy atom. The number of benzene rings is 2. The first-order chi connectivity index (χ1) is 14.4. The highest BCUT2D eigenvalue weighted by Crippen LogP contribution is 2.35. The van der Waals surface area contributed by atoms with E-state index in [-0.39, 0.29) is 34.4 Å². The van der Waals surface area contributed by atoms with Crippen LogP contribution in [0.1, 0.15) is 23.5 Å². The quantitative estimate of drug-likeness (QED) is 0.414. The zero-order valence-corrected chi connectivity index (χ0v) is 16.4. The number of ether oxygens (including phenoxy) is 1. The molecule has 0 saturated carbocycles. The predicted molar refractivity (Wildman–Crippen MR) is 112 cm³/mol. The number of carbonyl (C=O) groups is 1. The standard InChI is InChI=1S/C23H19NO6/c1-24-17-9-5-3-7-13(17)11-16(22(24)27)15(12-19(25)29-2)20-21(26)14-8-4-6-10-18(14)30-23(20)28/h3-11,15,26H,12H2,1-2H3/t15-/m1/s1. The minimum atomic E-state index is -1.04. The van der Waals surface area contributed by atoms with E-state index in [2.05, 4.69) is 0 Å². The van der Waals surface area contributed by atoms with Crippen molar-refractivity contribution in [2.24, 2.45) is 7.05 Å². The molecule has 4 rings (SSSR count). The van der Waals surface area contributed by atoms with E-state index < -0.39 is 17.5 Å². The number of aromatic hydroxyl groups is 1. The molecule has 152 valence electrons. The molecule has 0 fully saturated rings. The Hall–Kier alpha value is -3.87. The van der Waals surface area contributed by atoms with Gasteiger partial charge in [0.2, 0.25) is 0 Å². The number of fused-ring (bicyclic) bond motifs is 2. The van der Waals surface area contributed by atoms with Crippen LogP contribution in [0.3, 0.4) is 0 Å². The third-order valence-corrected chi connectivity index (χ3v) is 5.30. The summed E-state index contributed by atoms with van der Waals surface area (Å²) in [5.41, 5.74) is -0.222. The van der Waals surface area contributed by atoms with Crippen molar-refractivity contribution in [2.45, 2.75) is 12.3 Å². The molecule has 0 spiro atoms. The van der Waals surface area contributed by atoms with Gasteiger partial charge in [-0.3, -0.25) is 9.59 Å². The molecule has 0 radical (unpaired) electrons. The molecule has 7 nitrogen and oxygen atoms in total.